The number of benzene rings is 2. The molecule has 0 spiro atoms. The molecule has 0 aromatic heterocycles. The smallest absolute Gasteiger partial charge is 0.119 e. The summed E-state index contributed by atoms with van der Waals surface area (Å²) in [5.74, 6) is 1.50. The van der Waals surface area contributed by atoms with E-state index in [1.807, 2.05) is 56.3 Å². The highest BCUT2D eigenvalue weighted by Crippen LogP contribution is 2.22. The van der Waals surface area contributed by atoms with Crippen molar-refractivity contribution in [3.63, 3.8) is 0 Å². The van der Waals surface area contributed by atoms with Gasteiger partial charge in [-0.15, -0.1) is 0 Å². The Labute approximate surface area is 119 Å². The lowest BCUT2D eigenvalue weighted by Gasteiger charge is -2.15. The van der Waals surface area contributed by atoms with Crippen LogP contribution in [0.2, 0.25) is 0 Å². The Morgan fingerprint density at radius 3 is 2.30 bits per heavy atom. The van der Waals surface area contributed by atoms with E-state index < -0.39 is 6.10 Å². The lowest BCUT2D eigenvalue weighted by atomic mass is 10.0. The summed E-state index contributed by atoms with van der Waals surface area (Å²) in [7, 11) is 1.63. The molecule has 0 aliphatic heterocycles. The highest BCUT2D eigenvalue weighted by molar-refractivity contribution is 5.33. The minimum Gasteiger partial charge on any atom is -0.497 e. The van der Waals surface area contributed by atoms with E-state index in [0.717, 1.165) is 28.2 Å². The normalized spacial score (nSPS) is 12.0. The van der Waals surface area contributed by atoms with Crippen molar-refractivity contribution in [2.24, 2.45) is 0 Å². The van der Waals surface area contributed by atoms with Gasteiger partial charge in [-0.25, -0.2) is 0 Å². The SMILES string of the molecule is COc1ccc(OCC(O)c2cc(C)ccc2C)cc1. The first-order chi connectivity index (χ1) is 9.60. The highest BCUT2D eigenvalue weighted by Gasteiger charge is 2.11. The lowest BCUT2D eigenvalue weighted by molar-refractivity contribution is 0.107. The van der Waals surface area contributed by atoms with Crippen molar-refractivity contribution in [2.75, 3.05) is 13.7 Å². The summed E-state index contributed by atoms with van der Waals surface area (Å²) < 4.78 is 10.7. The summed E-state index contributed by atoms with van der Waals surface area (Å²) in [6.07, 6.45) is -0.628. The largest absolute Gasteiger partial charge is 0.497 e. The van der Waals surface area contributed by atoms with Crippen molar-refractivity contribution >= 4 is 0 Å². The molecule has 1 unspecified atom stereocenters. The van der Waals surface area contributed by atoms with Crippen LogP contribution in [-0.2, 0) is 0 Å². The van der Waals surface area contributed by atoms with Crippen molar-refractivity contribution in [3.8, 4) is 11.5 Å². The average molecular weight is 272 g/mol. The van der Waals surface area contributed by atoms with Crippen LogP contribution in [0.5, 0.6) is 11.5 Å². The van der Waals surface area contributed by atoms with Crippen LogP contribution in [0.3, 0.4) is 0 Å². The van der Waals surface area contributed by atoms with Gasteiger partial charge in [0.2, 0.25) is 0 Å². The summed E-state index contributed by atoms with van der Waals surface area (Å²) in [5, 5.41) is 10.2. The van der Waals surface area contributed by atoms with E-state index in [2.05, 4.69) is 0 Å². The molecule has 20 heavy (non-hydrogen) atoms. The van der Waals surface area contributed by atoms with Crippen LogP contribution in [0.25, 0.3) is 0 Å². The number of methoxy groups -OCH3 is 1. The van der Waals surface area contributed by atoms with Crippen LogP contribution >= 0.6 is 0 Å². The maximum Gasteiger partial charge on any atom is 0.119 e. The topological polar surface area (TPSA) is 38.7 Å². The molecule has 3 heteroatoms. The molecule has 1 atom stereocenters. The number of aliphatic hydroxyl groups excluding tert-OH is 1. The number of aliphatic hydroxyl groups is 1. The predicted octanol–water partition coefficient (Wildman–Crippen LogP) is 3.42. The van der Waals surface area contributed by atoms with E-state index in [4.69, 9.17) is 9.47 Å². The van der Waals surface area contributed by atoms with Gasteiger partial charge in [0.15, 0.2) is 0 Å². The van der Waals surface area contributed by atoms with Gasteiger partial charge in [0, 0.05) is 0 Å². The number of rotatable bonds is 5. The van der Waals surface area contributed by atoms with E-state index in [1.165, 1.54) is 0 Å². The first-order valence-corrected chi connectivity index (χ1v) is 6.62. The molecule has 0 aliphatic carbocycles. The fourth-order valence-corrected chi connectivity index (χ4v) is 2.06. The van der Waals surface area contributed by atoms with Crippen LogP contribution in [0.15, 0.2) is 42.5 Å². The molecular weight excluding hydrogens is 252 g/mol. The second-order valence-corrected chi connectivity index (χ2v) is 4.86. The molecule has 0 heterocycles. The Morgan fingerprint density at radius 1 is 1.00 bits per heavy atom. The van der Waals surface area contributed by atoms with Crippen molar-refractivity contribution in [1.29, 1.82) is 0 Å². The van der Waals surface area contributed by atoms with Gasteiger partial charge >= 0.3 is 0 Å². The van der Waals surface area contributed by atoms with Gasteiger partial charge in [0.1, 0.15) is 24.2 Å². The van der Waals surface area contributed by atoms with E-state index in [-0.39, 0.29) is 6.61 Å². The second-order valence-electron chi connectivity index (χ2n) is 4.86. The number of hydrogen-bond acceptors (Lipinski definition) is 3. The molecule has 1 N–H and O–H groups in total. The zero-order valence-electron chi connectivity index (χ0n) is 12.1. The summed E-state index contributed by atoms with van der Waals surface area (Å²) in [6.45, 7) is 4.24. The van der Waals surface area contributed by atoms with Gasteiger partial charge in [0.25, 0.3) is 0 Å². The van der Waals surface area contributed by atoms with Crippen LogP contribution < -0.4 is 9.47 Å². The minimum absolute atomic E-state index is 0.233. The van der Waals surface area contributed by atoms with Crippen LogP contribution in [-0.4, -0.2) is 18.8 Å². The molecule has 106 valence electrons. The highest BCUT2D eigenvalue weighted by atomic mass is 16.5. The van der Waals surface area contributed by atoms with Crippen LogP contribution in [0.1, 0.15) is 22.8 Å². The summed E-state index contributed by atoms with van der Waals surface area (Å²) >= 11 is 0. The number of ether oxygens (including phenoxy) is 2. The molecule has 0 fully saturated rings. The van der Waals surface area contributed by atoms with Crippen LogP contribution in [0, 0.1) is 13.8 Å². The maximum atomic E-state index is 10.2. The molecule has 3 nitrogen and oxygen atoms in total. The molecule has 0 aliphatic rings. The molecule has 0 amide bonds. The number of hydrogen-bond donors (Lipinski definition) is 1. The molecule has 0 saturated carbocycles. The summed E-state index contributed by atoms with van der Waals surface area (Å²) in [5.41, 5.74) is 3.12. The van der Waals surface area contributed by atoms with Crippen molar-refractivity contribution in [2.45, 2.75) is 20.0 Å². The minimum atomic E-state index is -0.628. The van der Waals surface area contributed by atoms with Gasteiger partial charge in [-0.05, 0) is 49.2 Å². The Hall–Kier alpha value is -2.00. The van der Waals surface area contributed by atoms with Crippen molar-refractivity contribution in [3.05, 3.63) is 59.2 Å². The van der Waals surface area contributed by atoms with Crippen LogP contribution in [0.4, 0.5) is 0 Å². The molecule has 0 bridgehead atoms. The molecule has 2 rings (SSSR count). The van der Waals surface area contributed by atoms with Gasteiger partial charge in [-0.1, -0.05) is 23.8 Å². The Kier molecular flexibility index (Phi) is 4.64. The zero-order chi connectivity index (χ0) is 14.5. The molecule has 2 aromatic carbocycles. The molecule has 0 saturated heterocycles. The van der Waals surface area contributed by atoms with Gasteiger partial charge in [-0.2, -0.15) is 0 Å². The quantitative estimate of drug-likeness (QED) is 0.906. The van der Waals surface area contributed by atoms with E-state index >= 15 is 0 Å². The standard InChI is InChI=1S/C17H20O3/c1-12-4-5-13(2)16(10-12)17(18)11-20-15-8-6-14(19-3)7-9-15/h4-10,17-18H,11H2,1-3H3. The fraction of sp³-hybridized carbons (Fsp3) is 0.294. The first-order valence-electron chi connectivity index (χ1n) is 6.62. The summed E-state index contributed by atoms with van der Waals surface area (Å²) in [6, 6.07) is 13.4. The lowest BCUT2D eigenvalue weighted by Crippen LogP contribution is -2.11. The fourth-order valence-electron chi connectivity index (χ4n) is 2.06. The monoisotopic (exact) mass is 272 g/mol. The Morgan fingerprint density at radius 2 is 1.65 bits per heavy atom. The number of aryl methyl sites for hydroxylation is 2. The van der Waals surface area contributed by atoms with E-state index in [1.54, 1.807) is 7.11 Å². The Balaban J connectivity index is 2.00. The van der Waals surface area contributed by atoms with E-state index in [9.17, 15) is 5.11 Å². The predicted molar refractivity (Wildman–Crippen MR) is 79.4 cm³/mol. The van der Waals surface area contributed by atoms with Crippen molar-refractivity contribution < 1.29 is 14.6 Å². The summed E-state index contributed by atoms with van der Waals surface area (Å²) in [4.78, 5) is 0. The molecular formula is C17H20O3. The third-order valence-corrected chi connectivity index (χ3v) is 3.26. The second kappa shape index (κ2) is 6.44. The van der Waals surface area contributed by atoms with E-state index in [0.29, 0.717) is 0 Å². The Bertz CT molecular complexity index is 561. The third kappa shape index (κ3) is 3.52. The average Bonchev–Trinajstić information content (AvgIpc) is 2.47. The first kappa shape index (κ1) is 14.4. The van der Waals surface area contributed by atoms with Gasteiger partial charge in [0.05, 0.1) is 7.11 Å². The van der Waals surface area contributed by atoms with Crippen molar-refractivity contribution in [1.82, 2.24) is 0 Å². The van der Waals surface area contributed by atoms with Gasteiger partial charge in [-0.3, -0.25) is 0 Å². The zero-order valence-corrected chi connectivity index (χ0v) is 12.1. The maximum absolute atomic E-state index is 10.2. The molecule has 0 radical (unpaired) electrons. The third-order valence-electron chi connectivity index (χ3n) is 3.26. The van der Waals surface area contributed by atoms with Gasteiger partial charge < -0.3 is 14.6 Å². The molecule has 2 aromatic rings.